The molecule has 2 rings (SSSR count). The number of hydrogen-bond acceptors (Lipinski definition) is 3. The molecule has 1 saturated heterocycles. The van der Waals surface area contributed by atoms with Gasteiger partial charge in [-0.25, -0.2) is 0 Å². The smallest absolute Gasteiger partial charge is 0.0640 e. The van der Waals surface area contributed by atoms with E-state index in [-0.39, 0.29) is 6.04 Å². The molecule has 0 saturated carbocycles. The molecular formula is C14H21Cl2N3. The Kier molecular flexibility index (Phi) is 5.09. The van der Waals surface area contributed by atoms with E-state index in [1.807, 2.05) is 18.2 Å². The van der Waals surface area contributed by atoms with Gasteiger partial charge in [0.25, 0.3) is 0 Å². The highest BCUT2D eigenvalue weighted by Gasteiger charge is 2.29. The predicted octanol–water partition coefficient (Wildman–Crippen LogP) is 2.63. The van der Waals surface area contributed by atoms with Gasteiger partial charge in [0, 0.05) is 38.3 Å². The highest BCUT2D eigenvalue weighted by Crippen LogP contribution is 2.33. The zero-order valence-electron chi connectivity index (χ0n) is 11.4. The van der Waals surface area contributed by atoms with Gasteiger partial charge in [0.05, 0.1) is 10.0 Å². The summed E-state index contributed by atoms with van der Waals surface area (Å²) < 4.78 is 0. The van der Waals surface area contributed by atoms with E-state index >= 15 is 0 Å². The lowest BCUT2D eigenvalue weighted by molar-refractivity contribution is 0.0621. The number of halogens is 2. The van der Waals surface area contributed by atoms with Gasteiger partial charge < -0.3 is 10.6 Å². The molecule has 3 nitrogen and oxygen atoms in total. The van der Waals surface area contributed by atoms with E-state index in [9.17, 15) is 0 Å². The molecule has 1 aliphatic rings. The van der Waals surface area contributed by atoms with Crippen LogP contribution >= 0.6 is 23.2 Å². The van der Waals surface area contributed by atoms with Gasteiger partial charge in [0.1, 0.15) is 0 Å². The van der Waals surface area contributed by atoms with Gasteiger partial charge in [-0.2, -0.15) is 0 Å². The first-order valence-corrected chi connectivity index (χ1v) is 7.38. The van der Waals surface area contributed by atoms with Crippen molar-refractivity contribution in [1.29, 1.82) is 0 Å². The van der Waals surface area contributed by atoms with Crippen LogP contribution < -0.4 is 5.73 Å². The Morgan fingerprint density at radius 2 is 2.11 bits per heavy atom. The van der Waals surface area contributed by atoms with Crippen LogP contribution in [-0.4, -0.2) is 49.1 Å². The third kappa shape index (κ3) is 3.23. The molecule has 19 heavy (non-hydrogen) atoms. The zero-order chi connectivity index (χ0) is 14.0. The summed E-state index contributed by atoms with van der Waals surface area (Å²) in [7, 11) is 2.14. The number of hydrogen-bond donors (Lipinski definition) is 1. The Hall–Kier alpha value is -0.320. The minimum Gasteiger partial charge on any atom is -0.329 e. The molecule has 2 N–H and O–H groups in total. The largest absolute Gasteiger partial charge is 0.329 e. The molecule has 0 bridgehead atoms. The topological polar surface area (TPSA) is 32.5 Å². The second kappa shape index (κ2) is 6.42. The van der Waals surface area contributed by atoms with Crippen molar-refractivity contribution in [3.63, 3.8) is 0 Å². The van der Waals surface area contributed by atoms with Crippen molar-refractivity contribution < 1.29 is 0 Å². The van der Waals surface area contributed by atoms with Crippen LogP contribution in [0.4, 0.5) is 0 Å². The van der Waals surface area contributed by atoms with Crippen LogP contribution in [-0.2, 0) is 0 Å². The van der Waals surface area contributed by atoms with Crippen LogP contribution in [0.15, 0.2) is 18.2 Å². The molecule has 2 atom stereocenters. The summed E-state index contributed by atoms with van der Waals surface area (Å²) in [6.07, 6.45) is 0. The van der Waals surface area contributed by atoms with E-state index in [4.69, 9.17) is 28.9 Å². The summed E-state index contributed by atoms with van der Waals surface area (Å²) in [6, 6.07) is 6.42. The standard InChI is InChI=1S/C14H21Cl2N3/c1-10(12-4-3-5-13(15)14(12)16)19-7-6-18(2)9-11(19)8-17/h3-5,10-11H,6-9,17H2,1-2H3. The summed E-state index contributed by atoms with van der Waals surface area (Å²) >= 11 is 12.4. The van der Waals surface area contributed by atoms with Crippen molar-refractivity contribution in [3.05, 3.63) is 33.8 Å². The number of likely N-dealkylation sites (N-methyl/N-ethyl adjacent to an activating group) is 1. The fourth-order valence-corrected chi connectivity index (χ4v) is 3.23. The van der Waals surface area contributed by atoms with Crippen LogP contribution in [0.25, 0.3) is 0 Å². The summed E-state index contributed by atoms with van der Waals surface area (Å²) in [5.41, 5.74) is 6.99. The molecule has 1 fully saturated rings. The molecule has 0 spiro atoms. The van der Waals surface area contributed by atoms with Crippen molar-refractivity contribution >= 4 is 23.2 Å². The zero-order valence-corrected chi connectivity index (χ0v) is 13.0. The number of nitrogens with two attached hydrogens (primary N) is 1. The predicted molar refractivity (Wildman–Crippen MR) is 81.9 cm³/mol. The Balaban J connectivity index is 2.22. The summed E-state index contributed by atoms with van der Waals surface area (Å²) in [6.45, 7) is 5.89. The van der Waals surface area contributed by atoms with Gasteiger partial charge in [-0.1, -0.05) is 35.3 Å². The van der Waals surface area contributed by atoms with E-state index < -0.39 is 0 Å². The highest BCUT2D eigenvalue weighted by molar-refractivity contribution is 6.42. The van der Waals surface area contributed by atoms with E-state index in [0.29, 0.717) is 22.6 Å². The first-order chi connectivity index (χ1) is 9.04. The molecule has 5 heteroatoms. The van der Waals surface area contributed by atoms with Gasteiger partial charge in [0.15, 0.2) is 0 Å². The molecule has 106 valence electrons. The molecule has 0 amide bonds. The highest BCUT2D eigenvalue weighted by atomic mass is 35.5. The van der Waals surface area contributed by atoms with Gasteiger partial charge in [-0.15, -0.1) is 0 Å². The maximum absolute atomic E-state index is 6.33. The van der Waals surface area contributed by atoms with Crippen molar-refractivity contribution in [3.8, 4) is 0 Å². The lowest BCUT2D eigenvalue weighted by Gasteiger charge is -2.43. The molecule has 0 aliphatic carbocycles. The molecular weight excluding hydrogens is 281 g/mol. The quantitative estimate of drug-likeness (QED) is 0.931. The molecule has 1 aliphatic heterocycles. The summed E-state index contributed by atoms with van der Waals surface area (Å²) in [5, 5.41) is 1.27. The second-order valence-corrected chi connectivity index (χ2v) is 5.99. The number of rotatable bonds is 3. The first kappa shape index (κ1) is 15.1. The lowest BCUT2D eigenvalue weighted by Crippen LogP contribution is -2.55. The minimum atomic E-state index is 0.230. The molecule has 1 aromatic carbocycles. The van der Waals surface area contributed by atoms with Crippen molar-refractivity contribution in [2.45, 2.75) is 19.0 Å². The Morgan fingerprint density at radius 1 is 1.37 bits per heavy atom. The maximum Gasteiger partial charge on any atom is 0.0640 e. The fourth-order valence-electron chi connectivity index (χ4n) is 2.77. The van der Waals surface area contributed by atoms with E-state index in [1.165, 1.54) is 0 Å². The normalized spacial score (nSPS) is 23.5. The first-order valence-electron chi connectivity index (χ1n) is 6.63. The third-order valence-electron chi connectivity index (χ3n) is 3.93. The number of benzene rings is 1. The number of piperazine rings is 1. The van der Waals surface area contributed by atoms with Crippen LogP contribution in [0.2, 0.25) is 10.0 Å². The average Bonchev–Trinajstić information content (AvgIpc) is 2.41. The second-order valence-electron chi connectivity index (χ2n) is 5.21. The maximum atomic E-state index is 6.33. The van der Waals surface area contributed by atoms with Crippen molar-refractivity contribution in [2.24, 2.45) is 5.73 Å². The molecule has 1 aromatic rings. The van der Waals surface area contributed by atoms with Gasteiger partial charge in [-0.05, 0) is 25.6 Å². The van der Waals surface area contributed by atoms with Crippen LogP contribution in [0, 0.1) is 0 Å². The summed E-state index contributed by atoms with van der Waals surface area (Å²) in [5.74, 6) is 0. The fraction of sp³-hybridized carbons (Fsp3) is 0.571. The Labute approximate surface area is 125 Å². The Morgan fingerprint density at radius 3 is 2.79 bits per heavy atom. The van der Waals surface area contributed by atoms with E-state index in [2.05, 4.69) is 23.8 Å². The van der Waals surface area contributed by atoms with Gasteiger partial charge >= 0.3 is 0 Å². The monoisotopic (exact) mass is 301 g/mol. The SMILES string of the molecule is CC(c1cccc(Cl)c1Cl)N1CCN(C)CC1CN. The van der Waals surface area contributed by atoms with Gasteiger partial charge in [-0.3, -0.25) is 4.90 Å². The van der Waals surface area contributed by atoms with Crippen molar-refractivity contribution in [2.75, 3.05) is 33.2 Å². The third-order valence-corrected chi connectivity index (χ3v) is 4.77. The Bertz CT molecular complexity index is 439. The van der Waals surface area contributed by atoms with Crippen LogP contribution in [0.3, 0.4) is 0 Å². The molecule has 1 heterocycles. The van der Waals surface area contributed by atoms with Gasteiger partial charge in [0.2, 0.25) is 0 Å². The molecule has 2 unspecified atom stereocenters. The van der Waals surface area contributed by atoms with E-state index in [0.717, 1.165) is 25.2 Å². The van der Waals surface area contributed by atoms with Crippen molar-refractivity contribution in [1.82, 2.24) is 9.80 Å². The molecule has 0 aromatic heterocycles. The minimum absolute atomic E-state index is 0.230. The van der Waals surface area contributed by atoms with Crippen LogP contribution in [0.5, 0.6) is 0 Å². The lowest BCUT2D eigenvalue weighted by atomic mass is 10.0. The number of nitrogens with zero attached hydrogens (tertiary/aromatic N) is 2. The average molecular weight is 302 g/mol. The van der Waals surface area contributed by atoms with E-state index in [1.54, 1.807) is 0 Å². The molecule has 0 radical (unpaired) electrons. The van der Waals surface area contributed by atoms with Crippen LogP contribution in [0.1, 0.15) is 18.5 Å². The summed E-state index contributed by atoms with van der Waals surface area (Å²) in [4.78, 5) is 4.75.